The van der Waals surface area contributed by atoms with Crippen LogP contribution in [0.15, 0.2) is 47.3 Å². The molecule has 9 nitrogen and oxygen atoms in total. The van der Waals surface area contributed by atoms with Crippen LogP contribution in [0.4, 0.5) is 23.4 Å². The summed E-state index contributed by atoms with van der Waals surface area (Å²) in [5, 5.41) is 15.8. The van der Waals surface area contributed by atoms with Crippen molar-refractivity contribution < 1.29 is 37.0 Å². The molecule has 1 aliphatic rings. The number of ketones is 1. The number of halogens is 4. The van der Waals surface area contributed by atoms with Crippen molar-refractivity contribution in [1.82, 2.24) is 15.2 Å². The highest BCUT2D eigenvalue weighted by Gasteiger charge is 2.24. The van der Waals surface area contributed by atoms with Crippen LogP contribution in [0.3, 0.4) is 0 Å². The monoisotopic (exact) mass is 604 g/mol. The second-order valence-corrected chi connectivity index (χ2v) is 10.3. The third kappa shape index (κ3) is 7.79. The minimum absolute atomic E-state index is 0.00714. The quantitative estimate of drug-likeness (QED) is 0.124. The molecule has 4 rings (SSSR count). The highest BCUT2D eigenvalue weighted by atomic mass is 19.1. The molecular weight excluding hydrogens is 572 g/mol. The highest BCUT2D eigenvalue weighted by Crippen LogP contribution is 2.27. The van der Waals surface area contributed by atoms with Gasteiger partial charge in [0.1, 0.15) is 34.9 Å². The van der Waals surface area contributed by atoms with Crippen LogP contribution in [0.5, 0.6) is 5.75 Å². The molecule has 0 bridgehead atoms. The molecule has 0 saturated heterocycles. The topological polar surface area (TPSA) is 136 Å². The lowest BCUT2D eigenvalue weighted by molar-refractivity contribution is -0.139. The van der Waals surface area contributed by atoms with Crippen LogP contribution in [-0.4, -0.2) is 53.2 Å². The van der Waals surface area contributed by atoms with E-state index in [9.17, 15) is 28.3 Å². The highest BCUT2D eigenvalue weighted by molar-refractivity contribution is 6.11. The second kappa shape index (κ2) is 14.3. The first-order chi connectivity index (χ1) is 20.6. The van der Waals surface area contributed by atoms with E-state index in [0.29, 0.717) is 36.1 Å². The third-order valence-corrected chi connectivity index (χ3v) is 7.26. The van der Waals surface area contributed by atoms with E-state index in [1.54, 1.807) is 0 Å². The SMILES string of the molecule is Nc1c(C(=O)c2ccc(F)cc2F)ccc(=O)n1-c1c(F)cc(OCCCN[C@@H](CCNC2CCCC2)C(=O)O)cc1F. The summed E-state index contributed by atoms with van der Waals surface area (Å²) >= 11 is 0. The Hall–Kier alpha value is -4.23. The molecule has 1 atom stereocenters. The van der Waals surface area contributed by atoms with Gasteiger partial charge in [-0.25, -0.2) is 17.6 Å². The molecule has 0 unspecified atom stereocenters. The van der Waals surface area contributed by atoms with Gasteiger partial charge in [0, 0.05) is 30.3 Å². The molecule has 1 saturated carbocycles. The van der Waals surface area contributed by atoms with Gasteiger partial charge >= 0.3 is 5.97 Å². The number of aromatic nitrogens is 1. The summed E-state index contributed by atoms with van der Waals surface area (Å²) in [5.41, 5.74) is 3.15. The summed E-state index contributed by atoms with van der Waals surface area (Å²) in [6, 6.07) is 5.42. The number of anilines is 1. The van der Waals surface area contributed by atoms with E-state index in [0.717, 1.165) is 49.2 Å². The van der Waals surface area contributed by atoms with Gasteiger partial charge < -0.3 is 26.2 Å². The van der Waals surface area contributed by atoms with Gasteiger partial charge in [0.2, 0.25) is 0 Å². The molecule has 230 valence electrons. The third-order valence-electron chi connectivity index (χ3n) is 7.26. The van der Waals surface area contributed by atoms with E-state index in [1.165, 1.54) is 12.8 Å². The maximum atomic E-state index is 15.1. The molecule has 1 aliphatic carbocycles. The standard InChI is InChI=1S/C30H32F4N4O5/c31-17-6-7-20(22(32)14-17)28(40)21-8-9-26(39)38(29(21)35)27-23(33)15-19(16-24(27)34)43-13-3-11-37-25(30(41)42)10-12-36-18-4-1-2-5-18/h6-9,14-16,18,25,36-37H,1-5,10-13,35H2,(H,41,42)/t25-/m0/s1. The van der Waals surface area contributed by atoms with E-state index >= 15 is 8.78 Å². The maximum Gasteiger partial charge on any atom is 0.320 e. The Bertz CT molecular complexity index is 1520. The van der Waals surface area contributed by atoms with E-state index in [4.69, 9.17) is 10.5 Å². The van der Waals surface area contributed by atoms with Crippen molar-refractivity contribution in [2.75, 3.05) is 25.4 Å². The average molecular weight is 605 g/mol. The lowest BCUT2D eigenvalue weighted by atomic mass is 10.0. The van der Waals surface area contributed by atoms with Crippen molar-refractivity contribution in [3.8, 4) is 11.4 Å². The lowest BCUT2D eigenvalue weighted by Crippen LogP contribution is -2.41. The summed E-state index contributed by atoms with van der Waals surface area (Å²) in [6.07, 6.45) is 5.28. The zero-order valence-corrected chi connectivity index (χ0v) is 23.2. The largest absolute Gasteiger partial charge is 0.493 e. The van der Waals surface area contributed by atoms with Gasteiger partial charge in [-0.15, -0.1) is 0 Å². The number of nitrogens with two attached hydrogens (primary N) is 1. The molecular formula is C30H32F4N4O5. The van der Waals surface area contributed by atoms with Crippen LogP contribution in [0.2, 0.25) is 0 Å². The van der Waals surface area contributed by atoms with Crippen LogP contribution in [-0.2, 0) is 4.79 Å². The molecule has 3 aromatic rings. The normalized spacial score (nSPS) is 14.1. The number of carbonyl (C=O) groups is 2. The average Bonchev–Trinajstić information content (AvgIpc) is 3.46. The van der Waals surface area contributed by atoms with Crippen LogP contribution >= 0.6 is 0 Å². The molecule has 2 aromatic carbocycles. The molecule has 0 aliphatic heterocycles. The van der Waals surface area contributed by atoms with Gasteiger partial charge in [0.15, 0.2) is 17.4 Å². The first-order valence-electron chi connectivity index (χ1n) is 13.9. The first kappa shape index (κ1) is 31.7. The molecule has 13 heteroatoms. The minimum Gasteiger partial charge on any atom is -0.493 e. The number of aliphatic carboxylic acids is 1. The Morgan fingerprint density at radius 2 is 1.65 bits per heavy atom. The Labute approximate surface area is 244 Å². The Morgan fingerprint density at radius 3 is 2.30 bits per heavy atom. The first-order valence-corrected chi connectivity index (χ1v) is 13.9. The van der Waals surface area contributed by atoms with Crippen LogP contribution in [0.25, 0.3) is 5.69 Å². The Balaban J connectivity index is 1.39. The van der Waals surface area contributed by atoms with Crippen LogP contribution < -0.4 is 26.7 Å². The van der Waals surface area contributed by atoms with E-state index < -0.39 is 69.3 Å². The van der Waals surface area contributed by atoms with Crippen molar-refractivity contribution >= 4 is 17.6 Å². The van der Waals surface area contributed by atoms with Gasteiger partial charge in [-0.05, 0) is 57.0 Å². The Kier molecular flexibility index (Phi) is 10.5. The van der Waals surface area contributed by atoms with Crippen molar-refractivity contribution in [2.24, 2.45) is 0 Å². The number of benzene rings is 2. The summed E-state index contributed by atoms with van der Waals surface area (Å²) in [7, 11) is 0. The van der Waals surface area contributed by atoms with Crippen LogP contribution in [0, 0.1) is 23.3 Å². The predicted octanol–water partition coefficient (Wildman–Crippen LogP) is 3.94. The fourth-order valence-electron chi connectivity index (χ4n) is 5.05. The predicted molar refractivity (Wildman–Crippen MR) is 151 cm³/mol. The number of nitrogens with zero attached hydrogens (tertiary/aromatic N) is 1. The number of carbonyl (C=O) groups excluding carboxylic acids is 1. The number of carboxylic acid groups (broad SMARTS) is 1. The molecule has 1 fully saturated rings. The summed E-state index contributed by atoms with van der Waals surface area (Å²) in [4.78, 5) is 37.0. The van der Waals surface area contributed by atoms with E-state index in [1.807, 2.05) is 0 Å². The number of ether oxygens (including phenoxy) is 1. The van der Waals surface area contributed by atoms with Crippen molar-refractivity contribution in [2.45, 2.75) is 50.6 Å². The molecule has 1 heterocycles. The van der Waals surface area contributed by atoms with E-state index in [-0.39, 0.29) is 18.9 Å². The van der Waals surface area contributed by atoms with Crippen molar-refractivity contribution in [3.05, 3.63) is 87.2 Å². The van der Waals surface area contributed by atoms with Gasteiger partial charge in [-0.2, -0.15) is 0 Å². The van der Waals surface area contributed by atoms with Crippen LogP contribution in [0.1, 0.15) is 54.4 Å². The minimum atomic E-state index is -1.22. The zero-order valence-electron chi connectivity index (χ0n) is 23.2. The van der Waals surface area contributed by atoms with Crippen molar-refractivity contribution in [3.63, 3.8) is 0 Å². The molecule has 0 radical (unpaired) electrons. The van der Waals surface area contributed by atoms with Gasteiger partial charge in [0.25, 0.3) is 5.56 Å². The van der Waals surface area contributed by atoms with Gasteiger partial charge in [-0.3, -0.25) is 19.0 Å². The number of hydrogen-bond acceptors (Lipinski definition) is 7. The fourth-order valence-corrected chi connectivity index (χ4v) is 5.05. The summed E-state index contributed by atoms with van der Waals surface area (Å²) < 4.78 is 63.6. The second-order valence-electron chi connectivity index (χ2n) is 10.3. The smallest absolute Gasteiger partial charge is 0.320 e. The lowest BCUT2D eigenvalue weighted by Gasteiger charge is -2.17. The number of nitrogen functional groups attached to an aromatic ring is 1. The number of pyridine rings is 1. The number of nitrogens with one attached hydrogen (secondary N) is 2. The molecule has 0 spiro atoms. The Morgan fingerprint density at radius 1 is 0.977 bits per heavy atom. The van der Waals surface area contributed by atoms with Gasteiger partial charge in [-0.1, -0.05) is 12.8 Å². The maximum absolute atomic E-state index is 15.1. The van der Waals surface area contributed by atoms with Crippen molar-refractivity contribution in [1.29, 1.82) is 0 Å². The van der Waals surface area contributed by atoms with Gasteiger partial charge in [0.05, 0.1) is 17.7 Å². The molecule has 0 amide bonds. The molecule has 43 heavy (non-hydrogen) atoms. The fraction of sp³-hybridized carbons (Fsp3) is 0.367. The number of rotatable bonds is 14. The zero-order chi connectivity index (χ0) is 31.1. The summed E-state index contributed by atoms with van der Waals surface area (Å²) in [5.74, 6) is -7.37. The summed E-state index contributed by atoms with van der Waals surface area (Å²) in [6.45, 7) is 0.863. The van der Waals surface area contributed by atoms with E-state index in [2.05, 4.69) is 10.6 Å². The molecule has 5 N–H and O–H groups in total. The number of carboxylic acids is 1. The molecule has 1 aromatic heterocycles. The number of hydrogen-bond donors (Lipinski definition) is 4.